The zero-order chi connectivity index (χ0) is 13.1. The molecule has 0 aliphatic carbocycles. The van der Waals surface area contributed by atoms with Crippen LogP contribution >= 0.6 is 0 Å². The Morgan fingerprint density at radius 3 is 2.61 bits per heavy atom. The smallest absolute Gasteiger partial charge is 0.335 e. The Morgan fingerprint density at radius 2 is 2.00 bits per heavy atom. The van der Waals surface area contributed by atoms with Crippen LogP contribution < -0.4 is 0 Å². The number of aromatic carboxylic acids is 1. The molecule has 2 rings (SSSR count). The molecule has 92 valence electrons. The van der Waals surface area contributed by atoms with E-state index in [4.69, 9.17) is 5.11 Å². The van der Waals surface area contributed by atoms with Gasteiger partial charge < -0.3 is 5.11 Å². The molecule has 0 spiro atoms. The molecule has 2 aromatic rings. The third-order valence-corrected chi connectivity index (χ3v) is 2.86. The maximum atomic E-state index is 13.9. The second-order valence-electron chi connectivity index (χ2n) is 4.05. The third-order valence-electron chi connectivity index (χ3n) is 2.86. The fourth-order valence-electron chi connectivity index (χ4n) is 1.84. The second kappa shape index (κ2) is 5.00. The van der Waals surface area contributed by atoms with Gasteiger partial charge in [-0.15, -0.1) is 0 Å². The molecule has 0 aromatic heterocycles. The fourth-order valence-corrected chi connectivity index (χ4v) is 1.84. The zero-order valence-corrected chi connectivity index (χ0v) is 9.98. The molecule has 0 radical (unpaired) electrons. The normalized spacial score (nSPS) is 10.3. The summed E-state index contributed by atoms with van der Waals surface area (Å²) in [5.41, 5.74) is 2.27. The average molecular weight is 244 g/mol. The van der Waals surface area contributed by atoms with E-state index in [-0.39, 0.29) is 5.56 Å². The number of benzene rings is 2. The Bertz CT molecular complexity index is 591. The van der Waals surface area contributed by atoms with Crippen LogP contribution in [0, 0.1) is 5.82 Å². The van der Waals surface area contributed by atoms with Crippen molar-refractivity contribution in [2.75, 3.05) is 0 Å². The van der Waals surface area contributed by atoms with E-state index in [1.807, 2.05) is 31.2 Å². The summed E-state index contributed by atoms with van der Waals surface area (Å²) in [6.45, 7) is 2.03. The lowest BCUT2D eigenvalue weighted by Crippen LogP contribution is -1.97. The second-order valence-corrected chi connectivity index (χ2v) is 4.05. The Balaban J connectivity index is 2.47. The summed E-state index contributed by atoms with van der Waals surface area (Å²) in [5.74, 6) is -1.63. The van der Waals surface area contributed by atoms with Gasteiger partial charge in [0.15, 0.2) is 0 Å². The van der Waals surface area contributed by atoms with Crippen molar-refractivity contribution < 1.29 is 14.3 Å². The highest BCUT2D eigenvalue weighted by atomic mass is 19.1. The highest BCUT2D eigenvalue weighted by Crippen LogP contribution is 2.24. The van der Waals surface area contributed by atoms with Crippen molar-refractivity contribution in [2.24, 2.45) is 0 Å². The van der Waals surface area contributed by atoms with Gasteiger partial charge in [-0.3, -0.25) is 0 Å². The molecule has 2 aromatic carbocycles. The molecular weight excluding hydrogens is 231 g/mol. The van der Waals surface area contributed by atoms with Crippen molar-refractivity contribution in [3.8, 4) is 11.1 Å². The molecule has 1 N–H and O–H groups in total. The predicted octanol–water partition coefficient (Wildman–Crippen LogP) is 3.75. The van der Waals surface area contributed by atoms with Crippen molar-refractivity contribution in [3.05, 3.63) is 59.4 Å². The Morgan fingerprint density at radius 1 is 1.22 bits per heavy atom. The lowest BCUT2D eigenvalue weighted by atomic mass is 10.0. The minimum atomic E-state index is -1.12. The first kappa shape index (κ1) is 12.3. The van der Waals surface area contributed by atoms with Crippen LogP contribution in [0.3, 0.4) is 0 Å². The first-order valence-corrected chi connectivity index (χ1v) is 5.74. The SMILES string of the molecule is CCc1cccc(-c2ccc(C(=O)O)cc2F)c1. The molecule has 0 fully saturated rings. The molecule has 0 heterocycles. The van der Waals surface area contributed by atoms with E-state index >= 15 is 0 Å². The van der Waals surface area contributed by atoms with E-state index in [9.17, 15) is 9.18 Å². The molecule has 0 bridgehead atoms. The molecule has 0 aliphatic heterocycles. The van der Waals surface area contributed by atoms with Gasteiger partial charge in [-0.2, -0.15) is 0 Å². The van der Waals surface area contributed by atoms with Crippen LogP contribution in [0.1, 0.15) is 22.8 Å². The van der Waals surface area contributed by atoms with Gasteiger partial charge in [-0.1, -0.05) is 37.3 Å². The zero-order valence-electron chi connectivity index (χ0n) is 9.98. The van der Waals surface area contributed by atoms with Crippen molar-refractivity contribution in [1.29, 1.82) is 0 Å². The number of carbonyl (C=O) groups is 1. The van der Waals surface area contributed by atoms with Gasteiger partial charge in [-0.05, 0) is 29.7 Å². The maximum absolute atomic E-state index is 13.9. The highest BCUT2D eigenvalue weighted by molar-refractivity contribution is 5.88. The van der Waals surface area contributed by atoms with E-state index in [2.05, 4.69) is 0 Å². The third kappa shape index (κ3) is 2.40. The molecule has 0 amide bonds. The van der Waals surface area contributed by atoms with Gasteiger partial charge in [0.1, 0.15) is 5.82 Å². The number of rotatable bonds is 3. The molecule has 0 atom stereocenters. The minimum absolute atomic E-state index is 0.0390. The van der Waals surface area contributed by atoms with E-state index in [1.165, 1.54) is 12.1 Å². The summed E-state index contributed by atoms with van der Waals surface area (Å²) in [6.07, 6.45) is 0.878. The standard InChI is InChI=1S/C15H13FO2/c1-2-10-4-3-5-11(8-10)13-7-6-12(15(17)18)9-14(13)16/h3-9H,2H2,1H3,(H,17,18). The summed E-state index contributed by atoms with van der Waals surface area (Å²) < 4.78 is 13.9. The first-order valence-electron chi connectivity index (χ1n) is 5.74. The molecule has 0 saturated carbocycles. The number of aryl methyl sites for hydroxylation is 1. The van der Waals surface area contributed by atoms with Gasteiger partial charge in [-0.25, -0.2) is 9.18 Å². The monoisotopic (exact) mass is 244 g/mol. The highest BCUT2D eigenvalue weighted by Gasteiger charge is 2.09. The summed E-state index contributed by atoms with van der Waals surface area (Å²) in [7, 11) is 0. The van der Waals surface area contributed by atoms with Gasteiger partial charge in [0.2, 0.25) is 0 Å². The van der Waals surface area contributed by atoms with Crippen molar-refractivity contribution in [3.63, 3.8) is 0 Å². The Hall–Kier alpha value is -2.16. The van der Waals surface area contributed by atoms with Crippen LogP contribution in [0.25, 0.3) is 11.1 Å². The molecule has 0 unspecified atom stereocenters. The van der Waals surface area contributed by atoms with Gasteiger partial charge in [0.25, 0.3) is 0 Å². The Labute approximate surface area is 105 Å². The van der Waals surface area contributed by atoms with Crippen LogP contribution in [0.15, 0.2) is 42.5 Å². The predicted molar refractivity (Wildman–Crippen MR) is 68.2 cm³/mol. The molecule has 3 heteroatoms. The fraction of sp³-hybridized carbons (Fsp3) is 0.133. The van der Waals surface area contributed by atoms with Gasteiger partial charge in [0.05, 0.1) is 5.56 Å². The molecule has 18 heavy (non-hydrogen) atoms. The number of carboxylic acid groups (broad SMARTS) is 1. The van der Waals surface area contributed by atoms with Crippen molar-refractivity contribution in [1.82, 2.24) is 0 Å². The number of hydrogen-bond acceptors (Lipinski definition) is 1. The minimum Gasteiger partial charge on any atom is -0.478 e. The first-order chi connectivity index (χ1) is 8.61. The van der Waals surface area contributed by atoms with Crippen LogP contribution in [-0.4, -0.2) is 11.1 Å². The van der Waals surface area contributed by atoms with Crippen LogP contribution in [0.2, 0.25) is 0 Å². The van der Waals surface area contributed by atoms with E-state index < -0.39 is 11.8 Å². The lowest BCUT2D eigenvalue weighted by Gasteiger charge is -2.06. The van der Waals surface area contributed by atoms with Crippen molar-refractivity contribution in [2.45, 2.75) is 13.3 Å². The summed E-state index contributed by atoms with van der Waals surface area (Å²) in [4.78, 5) is 10.7. The van der Waals surface area contributed by atoms with E-state index in [0.29, 0.717) is 5.56 Å². The van der Waals surface area contributed by atoms with Crippen LogP contribution in [0.4, 0.5) is 4.39 Å². The largest absolute Gasteiger partial charge is 0.478 e. The van der Waals surface area contributed by atoms with Crippen molar-refractivity contribution >= 4 is 5.97 Å². The number of carboxylic acids is 1. The van der Waals surface area contributed by atoms with E-state index in [0.717, 1.165) is 23.6 Å². The molecular formula is C15H13FO2. The van der Waals surface area contributed by atoms with Gasteiger partial charge >= 0.3 is 5.97 Å². The summed E-state index contributed by atoms with van der Waals surface area (Å²) in [6, 6.07) is 11.6. The lowest BCUT2D eigenvalue weighted by molar-refractivity contribution is 0.0696. The van der Waals surface area contributed by atoms with Crippen LogP contribution in [0.5, 0.6) is 0 Å². The summed E-state index contributed by atoms with van der Waals surface area (Å²) >= 11 is 0. The summed E-state index contributed by atoms with van der Waals surface area (Å²) in [5, 5.41) is 8.79. The van der Waals surface area contributed by atoms with Crippen LogP contribution in [-0.2, 0) is 6.42 Å². The van der Waals surface area contributed by atoms with Gasteiger partial charge in [0, 0.05) is 5.56 Å². The van der Waals surface area contributed by atoms with E-state index in [1.54, 1.807) is 0 Å². The number of halogens is 1. The average Bonchev–Trinajstić information content (AvgIpc) is 2.38. The topological polar surface area (TPSA) is 37.3 Å². The molecule has 2 nitrogen and oxygen atoms in total. The quantitative estimate of drug-likeness (QED) is 0.892. The maximum Gasteiger partial charge on any atom is 0.335 e. The Kier molecular flexibility index (Phi) is 3.42. The molecule has 0 aliphatic rings. The number of hydrogen-bond donors (Lipinski definition) is 1. The molecule has 0 saturated heterocycles.